The van der Waals surface area contributed by atoms with Gasteiger partial charge in [0.25, 0.3) is 0 Å². The summed E-state index contributed by atoms with van der Waals surface area (Å²) in [5, 5.41) is 0. The van der Waals surface area contributed by atoms with Crippen LogP contribution in [0.3, 0.4) is 0 Å². The summed E-state index contributed by atoms with van der Waals surface area (Å²) >= 11 is 0. The van der Waals surface area contributed by atoms with Crippen molar-refractivity contribution in [2.75, 3.05) is 0 Å². The molecule has 0 spiro atoms. The number of benzene rings is 2. The van der Waals surface area contributed by atoms with Crippen LogP contribution in [-0.2, 0) is 17.8 Å². The standard InChI is InChI=1S/C23H22F3NO2/c24-20-9-10-21(25)22(26)19(20)13-16-11-17-7-4-8-18(12-16)27(17)23(28)29-14-15-5-2-1-3-6-15/h1-3,5-6,9-11,17-18H,4,7-8,12-14H2. The molecule has 2 aliphatic heterocycles. The van der Waals surface area contributed by atoms with Crippen LogP contribution >= 0.6 is 0 Å². The first-order chi connectivity index (χ1) is 14.0. The highest BCUT2D eigenvalue weighted by atomic mass is 19.2. The molecule has 0 N–H and O–H groups in total. The lowest BCUT2D eigenvalue weighted by Crippen LogP contribution is -2.52. The maximum Gasteiger partial charge on any atom is 0.410 e. The molecule has 3 nitrogen and oxygen atoms in total. The molecule has 0 aromatic heterocycles. The van der Waals surface area contributed by atoms with E-state index in [1.807, 2.05) is 36.4 Å². The monoisotopic (exact) mass is 401 g/mol. The number of ether oxygens (including phenoxy) is 1. The Morgan fingerprint density at radius 1 is 1.03 bits per heavy atom. The van der Waals surface area contributed by atoms with Crippen molar-refractivity contribution in [3.8, 4) is 0 Å². The zero-order valence-corrected chi connectivity index (χ0v) is 15.9. The molecular weight excluding hydrogens is 379 g/mol. The van der Waals surface area contributed by atoms with Gasteiger partial charge in [-0.1, -0.05) is 42.0 Å². The van der Waals surface area contributed by atoms with E-state index < -0.39 is 17.5 Å². The van der Waals surface area contributed by atoms with Crippen LogP contribution in [0.4, 0.5) is 18.0 Å². The predicted molar refractivity (Wildman–Crippen MR) is 103 cm³/mol. The third-order valence-corrected chi connectivity index (χ3v) is 5.67. The van der Waals surface area contributed by atoms with Crippen molar-refractivity contribution >= 4 is 6.09 Å². The number of halogens is 3. The van der Waals surface area contributed by atoms with E-state index in [1.54, 1.807) is 4.90 Å². The summed E-state index contributed by atoms with van der Waals surface area (Å²) in [5.74, 6) is -2.94. The van der Waals surface area contributed by atoms with E-state index in [0.29, 0.717) is 6.42 Å². The normalized spacial score (nSPS) is 20.9. The van der Waals surface area contributed by atoms with Crippen LogP contribution in [0.1, 0.15) is 36.8 Å². The molecule has 2 aromatic carbocycles. The molecule has 4 rings (SSSR count). The largest absolute Gasteiger partial charge is 0.445 e. The first-order valence-electron chi connectivity index (χ1n) is 9.84. The van der Waals surface area contributed by atoms with Crippen LogP contribution in [0, 0.1) is 17.5 Å². The summed E-state index contributed by atoms with van der Waals surface area (Å²) in [5.41, 5.74) is 1.49. The fourth-order valence-electron chi connectivity index (χ4n) is 4.29. The Morgan fingerprint density at radius 3 is 2.55 bits per heavy atom. The molecule has 0 saturated carbocycles. The number of carbonyl (C=O) groups excluding carboxylic acids is 1. The molecule has 2 aliphatic rings. The quantitative estimate of drug-likeness (QED) is 0.498. The molecule has 1 amide bonds. The predicted octanol–water partition coefficient (Wildman–Crippen LogP) is 5.54. The third kappa shape index (κ3) is 4.16. The fraction of sp³-hybridized carbons (Fsp3) is 0.348. The molecule has 2 heterocycles. The number of nitrogens with zero attached hydrogens (tertiary/aromatic N) is 1. The molecule has 29 heavy (non-hydrogen) atoms. The molecule has 0 aliphatic carbocycles. The van der Waals surface area contributed by atoms with E-state index in [1.165, 1.54) is 0 Å². The molecule has 0 radical (unpaired) electrons. The second kappa shape index (κ2) is 8.31. The van der Waals surface area contributed by atoms with Gasteiger partial charge in [0.05, 0.1) is 6.04 Å². The van der Waals surface area contributed by atoms with Gasteiger partial charge >= 0.3 is 6.09 Å². The molecular formula is C23H22F3NO2. The number of piperidine rings is 1. The Hall–Kier alpha value is -2.76. The van der Waals surface area contributed by atoms with Gasteiger partial charge in [-0.05, 0) is 49.8 Å². The smallest absolute Gasteiger partial charge is 0.410 e. The zero-order chi connectivity index (χ0) is 20.4. The van der Waals surface area contributed by atoms with Crippen molar-refractivity contribution in [3.05, 3.63) is 82.7 Å². The molecule has 6 heteroatoms. The van der Waals surface area contributed by atoms with Crippen molar-refractivity contribution in [2.24, 2.45) is 0 Å². The number of carbonyl (C=O) groups is 1. The minimum absolute atomic E-state index is 0.00926. The van der Waals surface area contributed by atoms with E-state index >= 15 is 0 Å². The maximum atomic E-state index is 14.0. The maximum absolute atomic E-state index is 14.0. The van der Waals surface area contributed by atoms with E-state index in [0.717, 1.165) is 42.5 Å². The average molecular weight is 401 g/mol. The van der Waals surface area contributed by atoms with Crippen molar-refractivity contribution in [1.29, 1.82) is 0 Å². The SMILES string of the molecule is O=C(OCc1ccccc1)N1C2C=C(Cc3c(F)ccc(F)c3F)CC1CCC2. The highest BCUT2D eigenvalue weighted by Crippen LogP contribution is 2.35. The third-order valence-electron chi connectivity index (χ3n) is 5.67. The minimum atomic E-state index is -1.14. The summed E-state index contributed by atoms with van der Waals surface area (Å²) in [6.45, 7) is 0.200. The van der Waals surface area contributed by atoms with Gasteiger partial charge in [0.1, 0.15) is 12.4 Å². The van der Waals surface area contributed by atoms with Gasteiger partial charge in [0.2, 0.25) is 0 Å². The van der Waals surface area contributed by atoms with Crippen molar-refractivity contribution in [3.63, 3.8) is 0 Å². The lowest BCUT2D eigenvalue weighted by Gasteiger charge is -2.44. The molecule has 1 saturated heterocycles. The highest BCUT2D eigenvalue weighted by Gasteiger charge is 2.38. The average Bonchev–Trinajstić information content (AvgIpc) is 2.72. The van der Waals surface area contributed by atoms with Gasteiger partial charge in [-0.3, -0.25) is 4.90 Å². The highest BCUT2D eigenvalue weighted by molar-refractivity contribution is 5.69. The second-order valence-corrected chi connectivity index (χ2v) is 7.63. The number of rotatable bonds is 4. The van der Waals surface area contributed by atoms with E-state index in [4.69, 9.17) is 4.74 Å². The summed E-state index contributed by atoms with van der Waals surface area (Å²) in [4.78, 5) is 14.5. The molecule has 2 unspecified atom stereocenters. The van der Waals surface area contributed by atoms with Crippen molar-refractivity contribution in [1.82, 2.24) is 4.90 Å². The molecule has 2 bridgehead atoms. The molecule has 1 fully saturated rings. The number of hydrogen-bond donors (Lipinski definition) is 0. The summed E-state index contributed by atoms with van der Waals surface area (Å²) < 4.78 is 47.1. The van der Waals surface area contributed by atoms with Crippen LogP contribution < -0.4 is 0 Å². The van der Waals surface area contributed by atoms with Crippen LogP contribution in [0.2, 0.25) is 0 Å². The summed E-state index contributed by atoms with van der Waals surface area (Å²) in [7, 11) is 0. The number of amides is 1. The van der Waals surface area contributed by atoms with Crippen LogP contribution in [0.15, 0.2) is 54.1 Å². The molecule has 152 valence electrons. The minimum Gasteiger partial charge on any atom is -0.445 e. The molecule has 2 atom stereocenters. The van der Waals surface area contributed by atoms with E-state index in [9.17, 15) is 18.0 Å². The van der Waals surface area contributed by atoms with Gasteiger partial charge in [-0.2, -0.15) is 0 Å². The van der Waals surface area contributed by atoms with E-state index in [-0.39, 0.29) is 36.8 Å². The first kappa shape index (κ1) is 19.6. The van der Waals surface area contributed by atoms with E-state index in [2.05, 4.69) is 0 Å². The second-order valence-electron chi connectivity index (χ2n) is 7.63. The van der Waals surface area contributed by atoms with Gasteiger partial charge in [0.15, 0.2) is 11.6 Å². The molecule has 2 aromatic rings. The van der Waals surface area contributed by atoms with Crippen molar-refractivity contribution in [2.45, 2.75) is 50.8 Å². The number of hydrogen-bond acceptors (Lipinski definition) is 2. The Balaban J connectivity index is 1.49. The Labute approximate surface area is 167 Å². The van der Waals surface area contributed by atoms with Crippen LogP contribution in [0.5, 0.6) is 0 Å². The Kier molecular flexibility index (Phi) is 5.60. The van der Waals surface area contributed by atoms with Crippen LogP contribution in [0.25, 0.3) is 0 Å². The van der Waals surface area contributed by atoms with Gasteiger partial charge in [-0.15, -0.1) is 0 Å². The van der Waals surface area contributed by atoms with Crippen LogP contribution in [-0.4, -0.2) is 23.1 Å². The van der Waals surface area contributed by atoms with Gasteiger partial charge < -0.3 is 4.74 Å². The lowest BCUT2D eigenvalue weighted by atomic mass is 9.83. The summed E-state index contributed by atoms with van der Waals surface area (Å²) in [6, 6.07) is 11.0. The topological polar surface area (TPSA) is 29.5 Å². The Bertz CT molecular complexity index is 929. The summed E-state index contributed by atoms with van der Waals surface area (Å²) in [6.07, 6.45) is 4.59. The first-order valence-corrected chi connectivity index (χ1v) is 9.84. The van der Waals surface area contributed by atoms with Gasteiger partial charge in [0, 0.05) is 11.6 Å². The van der Waals surface area contributed by atoms with Gasteiger partial charge in [-0.25, -0.2) is 18.0 Å². The zero-order valence-electron chi connectivity index (χ0n) is 15.9. The van der Waals surface area contributed by atoms with Crippen molar-refractivity contribution < 1.29 is 22.7 Å². The Morgan fingerprint density at radius 2 is 1.79 bits per heavy atom. The number of fused-ring (bicyclic) bond motifs is 2. The lowest BCUT2D eigenvalue weighted by molar-refractivity contribution is 0.0480. The fourth-order valence-corrected chi connectivity index (χ4v) is 4.29.